The molecule has 0 heterocycles. The molecule has 0 aromatic heterocycles. The number of amides is 2. The van der Waals surface area contributed by atoms with Crippen LogP contribution in [0.4, 0.5) is 5.69 Å². The standard InChI is InChI=1S/C25H33Cl2N3O4S/c1-7-22(24(32)28-25(3,4)5)29(15-18-10-8-17(2)9-11-18)23(31)16-30(35(6,33)34)19-12-13-20(26)21(27)14-19/h8-14,22H,7,15-16H2,1-6H3,(H,28,32)/t22-/m0/s1. The summed E-state index contributed by atoms with van der Waals surface area (Å²) in [5.41, 5.74) is 1.60. The molecule has 0 aliphatic rings. The molecule has 0 aliphatic carbocycles. The van der Waals surface area contributed by atoms with Crippen molar-refractivity contribution in [2.45, 2.75) is 59.2 Å². The van der Waals surface area contributed by atoms with Crippen molar-refractivity contribution in [1.29, 1.82) is 0 Å². The summed E-state index contributed by atoms with van der Waals surface area (Å²) in [5.74, 6) is -0.820. The van der Waals surface area contributed by atoms with Crippen molar-refractivity contribution in [2.75, 3.05) is 17.1 Å². The minimum atomic E-state index is -3.85. The van der Waals surface area contributed by atoms with E-state index in [4.69, 9.17) is 23.2 Å². The first-order valence-corrected chi connectivity index (χ1v) is 13.8. The molecule has 10 heteroatoms. The lowest BCUT2D eigenvalue weighted by Crippen LogP contribution is -2.55. The zero-order chi connectivity index (χ0) is 26.6. The van der Waals surface area contributed by atoms with Crippen molar-refractivity contribution in [1.82, 2.24) is 10.2 Å². The summed E-state index contributed by atoms with van der Waals surface area (Å²) in [6, 6.07) is 11.2. The van der Waals surface area contributed by atoms with Gasteiger partial charge in [-0.2, -0.15) is 0 Å². The molecular formula is C25H33Cl2N3O4S. The third-order valence-corrected chi connectivity index (χ3v) is 7.11. The van der Waals surface area contributed by atoms with Gasteiger partial charge in [-0.25, -0.2) is 8.42 Å². The second-order valence-corrected chi connectivity index (χ2v) is 12.3. The molecule has 2 amide bonds. The van der Waals surface area contributed by atoms with Gasteiger partial charge in [0.15, 0.2) is 0 Å². The monoisotopic (exact) mass is 541 g/mol. The van der Waals surface area contributed by atoms with E-state index in [1.54, 1.807) is 0 Å². The van der Waals surface area contributed by atoms with Crippen LogP contribution in [0, 0.1) is 6.92 Å². The van der Waals surface area contributed by atoms with Crippen LogP contribution < -0.4 is 9.62 Å². The van der Waals surface area contributed by atoms with Crippen molar-refractivity contribution >= 4 is 50.7 Å². The molecule has 1 N–H and O–H groups in total. The number of anilines is 1. The van der Waals surface area contributed by atoms with Gasteiger partial charge in [0.2, 0.25) is 21.8 Å². The number of halogens is 2. The van der Waals surface area contributed by atoms with Gasteiger partial charge >= 0.3 is 0 Å². The second kappa shape index (κ2) is 11.6. The van der Waals surface area contributed by atoms with Gasteiger partial charge in [0, 0.05) is 12.1 Å². The lowest BCUT2D eigenvalue weighted by Gasteiger charge is -2.34. The highest BCUT2D eigenvalue weighted by molar-refractivity contribution is 7.92. The number of hydrogen-bond donors (Lipinski definition) is 1. The number of nitrogens with one attached hydrogen (secondary N) is 1. The molecular weight excluding hydrogens is 509 g/mol. The van der Waals surface area contributed by atoms with E-state index in [1.165, 1.54) is 23.1 Å². The van der Waals surface area contributed by atoms with Gasteiger partial charge in [-0.15, -0.1) is 0 Å². The predicted molar refractivity (Wildman–Crippen MR) is 142 cm³/mol. The van der Waals surface area contributed by atoms with E-state index in [-0.39, 0.29) is 28.2 Å². The van der Waals surface area contributed by atoms with Crippen LogP contribution in [0.3, 0.4) is 0 Å². The Labute approximate surface area is 218 Å². The molecule has 192 valence electrons. The van der Waals surface area contributed by atoms with Crippen LogP contribution in [-0.4, -0.2) is 49.5 Å². The molecule has 0 bridgehead atoms. The fourth-order valence-electron chi connectivity index (χ4n) is 3.52. The molecule has 2 rings (SSSR count). The van der Waals surface area contributed by atoms with E-state index in [0.717, 1.165) is 21.7 Å². The van der Waals surface area contributed by atoms with Gasteiger partial charge in [-0.05, 0) is 57.9 Å². The molecule has 0 unspecified atom stereocenters. The Balaban J connectivity index is 2.47. The predicted octanol–water partition coefficient (Wildman–Crippen LogP) is 4.79. The number of rotatable bonds is 9. The Morgan fingerprint density at radius 2 is 1.63 bits per heavy atom. The SMILES string of the molecule is CC[C@@H](C(=O)NC(C)(C)C)N(Cc1ccc(C)cc1)C(=O)CN(c1ccc(Cl)c(Cl)c1)S(C)(=O)=O. The van der Waals surface area contributed by atoms with E-state index in [1.807, 2.05) is 58.9 Å². The maximum absolute atomic E-state index is 13.6. The molecule has 0 spiro atoms. The highest BCUT2D eigenvalue weighted by Gasteiger charge is 2.33. The molecule has 2 aromatic rings. The number of sulfonamides is 1. The van der Waals surface area contributed by atoms with Crippen LogP contribution in [0.2, 0.25) is 10.0 Å². The lowest BCUT2D eigenvalue weighted by molar-refractivity contribution is -0.141. The maximum atomic E-state index is 13.6. The van der Waals surface area contributed by atoms with Gasteiger partial charge in [0.05, 0.1) is 22.0 Å². The summed E-state index contributed by atoms with van der Waals surface area (Å²) < 4.78 is 26.3. The summed E-state index contributed by atoms with van der Waals surface area (Å²) in [7, 11) is -3.85. The van der Waals surface area contributed by atoms with Crippen molar-refractivity contribution in [3.8, 4) is 0 Å². The van der Waals surface area contributed by atoms with Crippen LogP contribution in [-0.2, 0) is 26.2 Å². The zero-order valence-electron chi connectivity index (χ0n) is 20.9. The third kappa shape index (κ3) is 8.40. The van der Waals surface area contributed by atoms with Gasteiger partial charge in [0.1, 0.15) is 12.6 Å². The normalized spacial score (nSPS) is 12.7. The number of benzene rings is 2. The van der Waals surface area contributed by atoms with Crippen LogP contribution in [0.15, 0.2) is 42.5 Å². The average molecular weight is 543 g/mol. The number of hydrogen-bond acceptors (Lipinski definition) is 4. The fourth-order valence-corrected chi connectivity index (χ4v) is 4.65. The Bertz CT molecular complexity index is 1160. The Kier molecular flexibility index (Phi) is 9.62. The van der Waals surface area contributed by atoms with Crippen LogP contribution >= 0.6 is 23.2 Å². The van der Waals surface area contributed by atoms with Crippen LogP contribution in [0.25, 0.3) is 0 Å². The first kappa shape index (κ1) is 28.9. The number of carbonyl (C=O) groups is 2. The highest BCUT2D eigenvalue weighted by Crippen LogP contribution is 2.28. The van der Waals surface area contributed by atoms with E-state index >= 15 is 0 Å². The molecule has 0 fully saturated rings. The summed E-state index contributed by atoms with van der Waals surface area (Å²) in [6.45, 7) is 9.00. The molecule has 35 heavy (non-hydrogen) atoms. The first-order valence-electron chi connectivity index (χ1n) is 11.2. The molecule has 0 saturated carbocycles. The van der Waals surface area contributed by atoms with Gasteiger partial charge < -0.3 is 10.2 Å². The lowest BCUT2D eigenvalue weighted by atomic mass is 10.1. The highest BCUT2D eigenvalue weighted by atomic mass is 35.5. The van der Waals surface area contributed by atoms with E-state index in [0.29, 0.717) is 6.42 Å². The molecule has 1 atom stereocenters. The summed E-state index contributed by atoms with van der Waals surface area (Å²) in [5, 5.41) is 3.36. The average Bonchev–Trinajstić information content (AvgIpc) is 2.73. The van der Waals surface area contributed by atoms with Crippen molar-refractivity contribution in [2.24, 2.45) is 0 Å². The minimum absolute atomic E-state index is 0.147. The summed E-state index contributed by atoms with van der Waals surface area (Å²) in [4.78, 5) is 28.2. The van der Waals surface area contributed by atoms with E-state index < -0.39 is 34.1 Å². The fraction of sp³-hybridized carbons (Fsp3) is 0.440. The molecule has 0 saturated heterocycles. The van der Waals surface area contributed by atoms with Crippen LogP contribution in [0.5, 0.6) is 0 Å². The largest absolute Gasteiger partial charge is 0.350 e. The molecule has 0 radical (unpaired) electrons. The van der Waals surface area contributed by atoms with Crippen molar-refractivity contribution in [3.63, 3.8) is 0 Å². The summed E-state index contributed by atoms with van der Waals surface area (Å²) >= 11 is 12.1. The van der Waals surface area contributed by atoms with E-state index in [9.17, 15) is 18.0 Å². The number of aryl methyl sites for hydroxylation is 1. The number of carbonyl (C=O) groups excluding carboxylic acids is 2. The minimum Gasteiger partial charge on any atom is -0.350 e. The molecule has 2 aromatic carbocycles. The van der Waals surface area contributed by atoms with Crippen molar-refractivity contribution in [3.05, 3.63) is 63.6 Å². The smallest absolute Gasteiger partial charge is 0.244 e. The Morgan fingerprint density at radius 1 is 1.03 bits per heavy atom. The quantitative estimate of drug-likeness (QED) is 0.494. The first-order chi connectivity index (χ1) is 16.1. The van der Waals surface area contributed by atoms with Gasteiger partial charge in [-0.3, -0.25) is 13.9 Å². The second-order valence-electron chi connectivity index (χ2n) is 9.54. The Hall–Kier alpha value is -2.29. The van der Waals surface area contributed by atoms with Crippen molar-refractivity contribution < 1.29 is 18.0 Å². The maximum Gasteiger partial charge on any atom is 0.244 e. The third-order valence-electron chi connectivity index (χ3n) is 5.23. The van der Waals surface area contributed by atoms with Crippen LogP contribution in [0.1, 0.15) is 45.2 Å². The Morgan fingerprint density at radius 3 is 2.11 bits per heavy atom. The number of nitrogens with zero attached hydrogens (tertiary/aromatic N) is 2. The molecule has 7 nitrogen and oxygen atoms in total. The zero-order valence-corrected chi connectivity index (χ0v) is 23.3. The molecule has 0 aliphatic heterocycles. The topological polar surface area (TPSA) is 86.8 Å². The van der Waals surface area contributed by atoms with Gasteiger partial charge in [-0.1, -0.05) is 60.0 Å². The van der Waals surface area contributed by atoms with Gasteiger partial charge in [0.25, 0.3) is 0 Å². The van der Waals surface area contributed by atoms with E-state index in [2.05, 4.69) is 5.32 Å². The summed E-state index contributed by atoms with van der Waals surface area (Å²) in [6.07, 6.45) is 1.36.